The summed E-state index contributed by atoms with van der Waals surface area (Å²) in [5.74, 6) is 0. The number of hydrogen-bond donors (Lipinski definition) is 2. The van der Waals surface area contributed by atoms with Crippen LogP contribution >= 0.6 is 0 Å². The second-order valence-corrected chi connectivity index (χ2v) is 12.3. The van der Waals surface area contributed by atoms with Gasteiger partial charge in [0.1, 0.15) is 0 Å². The summed E-state index contributed by atoms with van der Waals surface area (Å²) >= 11 is 0. The van der Waals surface area contributed by atoms with Crippen molar-refractivity contribution in [1.29, 1.82) is 0 Å². The van der Waals surface area contributed by atoms with Crippen molar-refractivity contribution in [2.45, 2.75) is 64.2 Å². The van der Waals surface area contributed by atoms with Crippen molar-refractivity contribution in [1.82, 2.24) is 10.2 Å². The van der Waals surface area contributed by atoms with Crippen molar-refractivity contribution in [3.05, 3.63) is 0 Å². The molecule has 0 spiro atoms. The van der Waals surface area contributed by atoms with Crippen LogP contribution in [-0.4, -0.2) is 56.7 Å². The molecule has 1 heterocycles. The predicted octanol–water partition coefficient (Wildman–Crippen LogP) is 3.13. The molecule has 0 aliphatic carbocycles. The SMILES string of the molecule is CC(C)(C)[Si](C)(C)OCCN1CCC[C@H](NC(=O)O)CC1. The molecule has 1 atom stereocenters. The fraction of sp³-hybridized carbons (Fsp3) is 0.933. The lowest BCUT2D eigenvalue weighted by Crippen LogP contribution is -2.43. The van der Waals surface area contributed by atoms with E-state index in [9.17, 15) is 4.79 Å². The fourth-order valence-electron chi connectivity index (χ4n) is 2.34. The molecule has 2 N–H and O–H groups in total. The number of nitrogens with one attached hydrogen (secondary N) is 1. The third-order valence-corrected chi connectivity index (χ3v) is 9.36. The van der Waals surface area contributed by atoms with Gasteiger partial charge in [0.15, 0.2) is 8.32 Å². The lowest BCUT2D eigenvalue weighted by molar-refractivity contribution is 0.186. The van der Waals surface area contributed by atoms with Crippen LogP contribution in [0.25, 0.3) is 0 Å². The van der Waals surface area contributed by atoms with E-state index in [0.29, 0.717) is 0 Å². The van der Waals surface area contributed by atoms with E-state index in [1.165, 1.54) is 0 Å². The molecule has 1 amide bonds. The van der Waals surface area contributed by atoms with Crippen LogP contribution in [0, 0.1) is 0 Å². The number of likely N-dealkylation sites (tertiary alicyclic amines) is 1. The third-order valence-electron chi connectivity index (χ3n) is 4.82. The van der Waals surface area contributed by atoms with Gasteiger partial charge in [0.2, 0.25) is 0 Å². The van der Waals surface area contributed by atoms with Gasteiger partial charge in [-0.15, -0.1) is 0 Å². The predicted molar refractivity (Wildman–Crippen MR) is 88.4 cm³/mol. The largest absolute Gasteiger partial charge is 0.465 e. The van der Waals surface area contributed by atoms with Crippen LogP contribution in [0.1, 0.15) is 40.0 Å². The summed E-state index contributed by atoms with van der Waals surface area (Å²) in [5, 5.41) is 11.7. The topological polar surface area (TPSA) is 61.8 Å². The Labute approximate surface area is 130 Å². The van der Waals surface area contributed by atoms with E-state index in [4.69, 9.17) is 9.53 Å². The van der Waals surface area contributed by atoms with Crippen LogP contribution in [0.3, 0.4) is 0 Å². The molecule has 1 rings (SSSR count). The van der Waals surface area contributed by atoms with Crippen LogP contribution < -0.4 is 5.32 Å². The van der Waals surface area contributed by atoms with Crippen molar-refractivity contribution < 1.29 is 14.3 Å². The number of hydrogen-bond acceptors (Lipinski definition) is 3. The van der Waals surface area contributed by atoms with E-state index in [2.05, 4.69) is 44.1 Å². The molecule has 0 saturated carbocycles. The van der Waals surface area contributed by atoms with Gasteiger partial charge in [-0.3, -0.25) is 0 Å². The van der Waals surface area contributed by atoms with Crippen LogP contribution in [0.2, 0.25) is 18.1 Å². The van der Waals surface area contributed by atoms with Gasteiger partial charge < -0.3 is 19.7 Å². The molecule has 0 aromatic heterocycles. The van der Waals surface area contributed by atoms with Gasteiger partial charge >= 0.3 is 6.09 Å². The molecule has 0 aromatic rings. The van der Waals surface area contributed by atoms with Crippen LogP contribution in [-0.2, 0) is 4.43 Å². The summed E-state index contributed by atoms with van der Waals surface area (Å²) in [7, 11) is -1.65. The Morgan fingerprint density at radius 1 is 1.33 bits per heavy atom. The number of amides is 1. The first-order valence-corrected chi connectivity index (χ1v) is 10.9. The lowest BCUT2D eigenvalue weighted by Gasteiger charge is -2.36. The van der Waals surface area contributed by atoms with Gasteiger partial charge in [-0.25, -0.2) is 4.79 Å². The monoisotopic (exact) mass is 316 g/mol. The van der Waals surface area contributed by atoms with Crippen LogP contribution in [0.4, 0.5) is 4.79 Å². The maximum Gasteiger partial charge on any atom is 0.404 e. The summed E-state index contributed by atoms with van der Waals surface area (Å²) in [6, 6.07) is 0.105. The summed E-state index contributed by atoms with van der Waals surface area (Å²) in [6.45, 7) is 15.1. The quantitative estimate of drug-likeness (QED) is 0.765. The maximum absolute atomic E-state index is 10.7. The van der Waals surface area contributed by atoms with E-state index in [-0.39, 0.29) is 11.1 Å². The molecule has 1 aliphatic rings. The molecule has 6 heteroatoms. The number of nitrogens with zero attached hydrogens (tertiary/aromatic N) is 1. The average Bonchev–Trinajstić information content (AvgIpc) is 2.52. The van der Waals surface area contributed by atoms with E-state index in [0.717, 1.165) is 45.5 Å². The van der Waals surface area contributed by atoms with Crippen LogP contribution in [0.5, 0.6) is 0 Å². The highest BCUT2D eigenvalue weighted by Crippen LogP contribution is 2.36. The van der Waals surface area contributed by atoms with Gasteiger partial charge in [0.25, 0.3) is 0 Å². The van der Waals surface area contributed by atoms with Crippen LogP contribution in [0.15, 0.2) is 0 Å². The minimum Gasteiger partial charge on any atom is -0.465 e. The molecule has 1 saturated heterocycles. The van der Waals surface area contributed by atoms with Crippen molar-refractivity contribution in [2.75, 3.05) is 26.2 Å². The standard InChI is InChI=1S/C15H32N2O3Si/c1-15(2,3)21(4,5)20-12-11-17-9-6-7-13(8-10-17)16-14(18)19/h13,16H,6-12H2,1-5H3,(H,18,19)/t13-/m0/s1. The fourth-order valence-corrected chi connectivity index (χ4v) is 3.38. The van der Waals surface area contributed by atoms with Gasteiger partial charge in [-0.2, -0.15) is 0 Å². The second-order valence-electron chi connectivity index (χ2n) is 7.53. The summed E-state index contributed by atoms with van der Waals surface area (Å²) < 4.78 is 6.22. The highest BCUT2D eigenvalue weighted by atomic mass is 28.4. The number of carbonyl (C=O) groups is 1. The Hall–Kier alpha value is -0.593. The first kappa shape index (κ1) is 18.5. The van der Waals surface area contributed by atoms with E-state index in [1.807, 2.05) is 0 Å². The third kappa shape index (κ3) is 6.36. The van der Waals surface area contributed by atoms with E-state index < -0.39 is 14.4 Å². The zero-order valence-electron chi connectivity index (χ0n) is 14.2. The maximum atomic E-state index is 10.7. The smallest absolute Gasteiger partial charge is 0.404 e. The van der Waals surface area contributed by atoms with Crippen molar-refractivity contribution in [3.63, 3.8) is 0 Å². The highest BCUT2D eigenvalue weighted by molar-refractivity contribution is 6.74. The first-order valence-electron chi connectivity index (χ1n) is 7.97. The Kier molecular flexibility index (Phi) is 6.68. The van der Waals surface area contributed by atoms with Gasteiger partial charge in [-0.1, -0.05) is 20.8 Å². The molecule has 0 bridgehead atoms. The van der Waals surface area contributed by atoms with Gasteiger partial charge in [-0.05, 0) is 43.9 Å². The Balaban J connectivity index is 2.32. The molecule has 0 unspecified atom stereocenters. The second kappa shape index (κ2) is 7.60. The summed E-state index contributed by atoms with van der Waals surface area (Å²) in [6.07, 6.45) is 1.97. The zero-order chi connectivity index (χ0) is 16.1. The molecular weight excluding hydrogens is 284 g/mol. The molecule has 124 valence electrons. The van der Waals surface area contributed by atoms with Crippen molar-refractivity contribution in [2.24, 2.45) is 0 Å². The minimum atomic E-state index is -1.65. The normalized spacial score (nSPS) is 21.9. The minimum absolute atomic E-state index is 0.105. The molecule has 5 nitrogen and oxygen atoms in total. The van der Waals surface area contributed by atoms with Gasteiger partial charge in [0.05, 0.1) is 0 Å². The lowest BCUT2D eigenvalue weighted by atomic mass is 10.1. The summed E-state index contributed by atoms with van der Waals surface area (Å²) in [5.41, 5.74) is 0. The molecular formula is C15H32N2O3Si. The summed E-state index contributed by atoms with van der Waals surface area (Å²) in [4.78, 5) is 13.1. The Morgan fingerprint density at radius 3 is 2.57 bits per heavy atom. The van der Waals surface area contributed by atoms with Crippen molar-refractivity contribution in [3.8, 4) is 0 Å². The zero-order valence-corrected chi connectivity index (χ0v) is 15.2. The first-order chi connectivity index (χ1) is 9.62. The van der Waals surface area contributed by atoms with E-state index in [1.54, 1.807) is 0 Å². The molecule has 1 fully saturated rings. The Bertz CT molecular complexity index is 342. The molecule has 21 heavy (non-hydrogen) atoms. The average molecular weight is 317 g/mol. The molecule has 0 radical (unpaired) electrons. The Morgan fingerprint density at radius 2 is 2.00 bits per heavy atom. The molecule has 1 aliphatic heterocycles. The van der Waals surface area contributed by atoms with E-state index >= 15 is 0 Å². The highest BCUT2D eigenvalue weighted by Gasteiger charge is 2.37. The number of rotatable bonds is 5. The molecule has 0 aromatic carbocycles. The number of carboxylic acid groups (broad SMARTS) is 1. The van der Waals surface area contributed by atoms with Crippen molar-refractivity contribution >= 4 is 14.4 Å². The van der Waals surface area contributed by atoms with Gasteiger partial charge in [0, 0.05) is 25.7 Å².